The lowest BCUT2D eigenvalue weighted by atomic mass is 10.1. The van der Waals surface area contributed by atoms with Crippen LogP contribution in [0.15, 0.2) is 18.2 Å². The van der Waals surface area contributed by atoms with Crippen LogP contribution in [0.2, 0.25) is 0 Å². The Hall–Kier alpha value is -2.15. The zero-order valence-electron chi connectivity index (χ0n) is 10.9. The van der Waals surface area contributed by atoms with Crippen molar-refractivity contribution in [3.8, 4) is 17.1 Å². The topological polar surface area (TPSA) is 91.1 Å². The minimum Gasteiger partial charge on any atom is -0.507 e. The second kappa shape index (κ2) is 5.09. The van der Waals surface area contributed by atoms with Crippen LogP contribution in [0.4, 0.5) is 10.3 Å². The number of hydrogen-bond donors (Lipinski definition) is 3. The highest BCUT2D eigenvalue weighted by Gasteiger charge is 2.20. The van der Waals surface area contributed by atoms with E-state index in [1.807, 2.05) is 4.90 Å². The molecular weight excluding hydrogens is 261 g/mol. The van der Waals surface area contributed by atoms with E-state index < -0.39 is 5.82 Å². The third-order valence-electron chi connectivity index (χ3n) is 3.51. The highest BCUT2D eigenvalue weighted by molar-refractivity contribution is 5.64. The summed E-state index contributed by atoms with van der Waals surface area (Å²) in [7, 11) is 0. The van der Waals surface area contributed by atoms with Crippen molar-refractivity contribution < 1.29 is 9.50 Å². The number of aromatic amines is 1. The zero-order valence-corrected chi connectivity index (χ0v) is 10.9. The molecule has 0 unspecified atom stereocenters. The normalized spacial score (nSPS) is 16.6. The third kappa shape index (κ3) is 2.44. The fourth-order valence-corrected chi connectivity index (χ4v) is 2.31. The Morgan fingerprint density at radius 1 is 1.35 bits per heavy atom. The number of nitrogens with one attached hydrogen (secondary N) is 1. The highest BCUT2D eigenvalue weighted by Crippen LogP contribution is 2.28. The van der Waals surface area contributed by atoms with E-state index in [4.69, 9.17) is 5.73 Å². The van der Waals surface area contributed by atoms with Gasteiger partial charge in [-0.25, -0.2) is 4.39 Å². The molecule has 0 atom stereocenters. The standard InChI is InChI=1S/C13H16FN5O/c14-8-1-2-11(20)10(7-8)12-16-13(18-17-12)19-5-3-9(15)4-6-19/h1-2,7,9,20H,3-6,15H2,(H,16,17,18). The second-order valence-corrected chi connectivity index (χ2v) is 4.97. The SMILES string of the molecule is NC1CCN(c2n[nH]c(-c3cc(F)ccc3O)n2)CC1. The zero-order chi connectivity index (χ0) is 14.1. The van der Waals surface area contributed by atoms with Crippen molar-refractivity contribution in [1.82, 2.24) is 15.2 Å². The molecule has 0 amide bonds. The van der Waals surface area contributed by atoms with E-state index in [0.29, 0.717) is 17.3 Å². The van der Waals surface area contributed by atoms with Crippen molar-refractivity contribution in [3.63, 3.8) is 0 Å². The summed E-state index contributed by atoms with van der Waals surface area (Å²) in [6, 6.07) is 3.96. The molecule has 1 saturated heterocycles. The number of aromatic hydroxyl groups is 1. The summed E-state index contributed by atoms with van der Waals surface area (Å²) in [5.74, 6) is 0.442. The number of H-pyrrole nitrogens is 1. The first-order chi connectivity index (χ1) is 9.63. The Morgan fingerprint density at radius 2 is 2.10 bits per heavy atom. The fourth-order valence-electron chi connectivity index (χ4n) is 2.31. The first-order valence-corrected chi connectivity index (χ1v) is 6.55. The van der Waals surface area contributed by atoms with Gasteiger partial charge in [-0.05, 0) is 31.0 Å². The van der Waals surface area contributed by atoms with Crippen molar-refractivity contribution in [2.24, 2.45) is 5.73 Å². The first kappa shape index (κ1) is 12.9. The van der Waals surface area contributed by atoms with Gasteiger partial charge in [-0.3, -0.25) is 5.10 Å². The predicted octanol–water partition coefficient (Wildman–Crippen LogP) is 1.24. The minimum atomic E-state index is -0.431. The number of nitrogens with zero attached hydrogens (tertiary/aromatic N) is 3. The van der Waals surface area contributed by atoms with Gasteiger partial charge >= 0.3 is 0 Å². The van der Waals surface area contributed by atoms with E-state index in [1.54, 1.807) is 0 Å². The number of benzene rings is 1. The number of rotatable bonds is 2. The molecule has 0 radical (unpaired) electrons. The molecule has 2 heterocycles. The lowest BCUT2D eigenvalue weighted by molar-refractivity contribution is 0.475. The van der Waals surface area contributed by atoms with Crippen LogP contribution in [0, 0.1) is 5.82 Å². The van der Waals surface area contributed by atoms with Gasteiger partial charge in [0.15, 0.2) is 5.82 Å². The molecule has 4 N–H and O–H groups in total. The second-order valence-electron chi connectivity index (χ2n) is 4.97. The maximum absolute atomic E-state index is 13.2. The summed E-state index contributed by atoms with van der Waals surface area (Å²) in [6.07, 6.45) is 1.80. The van der Waals surface area contributed by atoms with Gasteiger partial charge in [-0.2, -0.15) is 4.98 Å². The molecule has 7 heteroatoms. The summed E-state index contributed by atoms with van der Waals surface area (Å²) < 4.78 is 13.2. The number of halogens is 1. The number of anilines is 1. The van der Waals surface area contributed by atoms with Crippen LogP contribution in [0.1, 0.15) is 12.8 Å². The average Bonchev–Trinajstić information content (AvgIpc) is 2.92. The number of phenolic OH excluding ortho intramolecular Hbond substituents is 1. The summed E-state index contributed by atoms with van der Waals surface area (Å²) >= 11 is 0. The molecule has 3 rings (SSSR count). The summed E-state index contributed by atoms with van der Waals surface area (Å²) in [6.45, 7) is 1.60. The number of piperidine rings is 1. The third-order valence-corrected chi connectivity index (χ3v) is 3.51. The molecule has 0 saturated carbocycles. The van der Waals surface area contributed by atoms with Crippen molar-refractivity contribution in [3.05, 3.63) is 24.0 Å². The molecule has 2 aromatic rings. The Bertz CT molecular complexity index is 607. The lowest BCUT2D eigenvalue weighted by Gasteiger charge is -2.28. The number of phenols is 1. The van der Waals surface area contributed by atoms with Crippen molar-refractivity contribution in [2.75, 3.05) is 18.0 Å². The molecule has 1 aromatic carbocycles. The van der Waals surface area contributed by atoms with E-state index in [-0.39, 0.29) is 11.8 Å². The maximum Gasteiger partial charge on any atom is 0.245 e. The molecule has 1 aliphatic heterocycles. The van der Waals surface area contributed by atoms with Crippen LogP contribution in [0.5, 0.6) is 5.75 Å². The first-order valence-electron chi connectivity index (χ1n) is 6.55. The largest absolute Gasteiger partial charge is 0.507 e. The Balaban J connectivity index is 1.85. The summed E-state index contributed by atoms with van der Waals surface area (Å²) in [4.78, 5) is 6.35. The van der Waals surface area contributed by atoms with Crippen LogP contribution in [0.3, 0.4) is 0 Å². The molecule has 106 valence electrons. The van der Waals surface area contributed by atoms with Gasteiger partial charge in [0, 0.05) is 19.1 Å². The minimum absolute atomic E-state index is 0.0326. The summed E-state index contributed by atoms with van der Waals surface area (Å²) in [5, 5.41) is 16.6. The Morgan fingerprint density at radius 3 is 2.85 bits per heavy atom. The van der Waals surface area contributed by atoms with Gasteiger partial charge in [-0.1, -0.05) is 0 Å². The van der Waals surface area contributed by atoms with E-state index in [0.717, 1.165) is 25.9 Å². The van der Waals surface area contributed by atoms with Gasteiger partial charge in [-0.15, -0.1) is 5.10 Å². The van der Waals surface area contributed by atoms with E-state index in [9.17, 15) is 9.50 Å². The molecular formula is C13H16FN5O. The quantitative estimate of drug-likeness (QED) is 0.768. The molecule has 1 fully saturated rings. The summed E-state index contributed by atoms with van der Waals surface area (Å²) in [5.41, 5.74) is 6.16. The number of hydrogen-bond acceptors (Lipinski definition) is 5. The van der Waals surface area contributed by atoms with Crippen LogP contribution in [-0.4, -0.2) is 39.4 Å². The van der Waals surface area contributed by atoms with Crippen LogP contribution < -0.4 is 10.6 Å². The van der Waals surface area contributed by atoms with Gasteiger partial charge in [0.2, 0.25) is 5.95 Å². The molecule has 6 nitrogen and oxygen atoms in total. The molecule has 0 aliphatic carbocycles. The van der Waals surface area contributed by atoms with Crippen LogP contribution in [0.25, 0.3) is 11.4 Å². The van der Waals surface area contributed by atoms with Crippen LogP contribution in [-0.2, 0) is 0 Å². The average molecular weight is 277 g/mol. The Labute approximate surface area is 115 Å². The van der Waals surface area contributed by atoms with E-state index in [1.165, 1.54) is 18.2 Å². The highest BCUT2D eigenvalue weighted by atomic mass is 19.1. The smallest absolute Gasteiger partial charge is 0.245 e. The van der Waals surface area contributed by atoms with Crippen molar-refractivity contribution in [1.29, 1.82) is 0 Å². The Kier molecular flexibility index (Phi) is 3.27. The fraction of sp³-hybridized carbons (Fsp3) is 0.385. The van der Waals surface area contributed by atoms with Crippen molar-refractivity contribution in [2.45, 2.75) is 18.9 Å². The molecule has 0 spiro atoms. The van der Waals surface area contributed by atoms with Gasteiger partial charge < -0.3 is 15.7 Å². The van der Waals surface area contributed by atoms with Gasteiger partial charge in [0.05, 0.1) is 5.56 Å². The maximum atomic E-state index is 13.2. The van der Waals surface area contributed by atoms with E-state index in [2.05, 4.69) is 15.2 Å². The van der Waals surface area contributed by atoms with E-state index >= 15 is 0 Å². The van der Waals surface area contributed by atoms with Gasteiger partial charge in [0.25, 0.3) is 0 Å². The van der Waals surface area contributed by atoms with Crippen molar-refractivity contribution >= 4 is 5.95 Å². The predicted molar refractivity (Wildman–Crippen MR) is 72.9 cm³/mol. The lowest BCUT2D eigenvalue weighted by Crippen LogP contribution is -2.40. The monoisotopic (exact) mass is 277 g/mol. The molecule has 0 bridgehead atoms. The molecule has 1 aromatic heterocycles. The van der Waals surface area contributed by atoms with Crippen LogP contribution >= 0.6 is 0 Å². The number of aromatic nitrogens is 3. The molecule has 1 aliphatic rings. The number of nitrogens with two attached hydrogens (primary N) is 1. The molecule has 20 heavy (non-hydrogen) atoms. The van der Waals surface area contributed by atoms with Gasteiger partial charge in [0.1, 0.15) is 11.6 Å².